The molecule has 0 aliphatic rings. The van der Waals surface area contributed by atoms with Gasteiger partial charge in [-0.2, -0.15) is 5.26 Å². The van der Waals surface area contributed by atoms with Gasteiger partial charge in [0.05, 0.1) is 12.2 Å². The van der Waals surface area contributed by atoms with E-state index in [0.717, 1.165) is 5.56 Å². The molecule has 0 fully saturated rings. The smallest absolute Gasteiger partial charge is 0.289 e. The third-order valence-corrected chi connectivity index (χ3v) is 4.12. The second-order valence-electron chi connectivity index (χ2n) is 6.10. The number of ether oxygens (including phenoxy) is 1. The largest absolute Gasteiger partial charge is 0.484 e. The monoisotopic (exact) mass is 376 g/mol. The molecule has 1 aromatic heterocycles. The fraction of sp³-hybridized carbons (Fsp3) is 0.182. The second kappa shape index (κ2) is 9.40. The average Bonchev–Trinajstić information content (AvgIpc) is 3.21. The van der Waals surface area contributed by atoms with Crippen LogP contribution in [-0.2, 0) is 13.2 Å². The van der Waals surface area contributed by atoms with Gasteiger partial charge in [0.1, 0.15) is 24.2 Å². The number of aliphatic hydroxyl groups excluding tert-OH is 1. The summed E-state index contributed by atoms with van der Waals surface area (Å²) in [6, 6.07) is 21.8. The van der Waals surface area contributed by atoms with Gasteiger partial charge in [-0.25, -0.2) is 0 Å². The van der Waals surface area contributed by atoms with Crippen molar-refractivity contribution in [1.29, 1.82) is 5.26 Å². The summed E-state index contributed by atoms with van der Waals surface area (Å²) < 4.78 is 11.3. The fourth-order valence-corrected chi connectivity index (χ4v) is 2.74. The van der Waals surface area contributed by atoms with Crippen molar-refractivity contribution in [1.82, 2.24) is 4.90 Å². The van der Waals surface area contributed by atoms with Gasteiger partial charge in [0, 0.05) is 13.1 Å². The van der Waals surface area contributed by atoms with E-state index in [9.17, 15) is 9.90 Å². The summed E-state index contributed by atoms with van der Waals surface area (Å²) in [7, 11) is 0. The van der Waals surface area contributed by atoms with Crippen LogP contribution >= 0.6 is 0 Å². The minimum atomic E-state index is -0.304. The average molecular weight is 376 g/mol. The number of hydrogen-bond acceptors (Lipinski definition) is 5. The van der Waals surface area contributed by atoms with Crippen LogP contribution in [0.5, 0.6) is 5.75 Å². The number of rotatable bonds is 8. The minimum absolute atomic E-state index is 0.102. The first-order valence-corrected chi connectivity index (χ1v) is 8.86. The third kappa shape index (κ3) is 4.78. The maximum atomic E-state index is 12.8. The molecule has 0 radical (unpaired) electrons. The van der Waals surface area contributed by atoms with E-state index < -0.39 is 0 Å². The Kier molecular flexibility index (Phi) is 6.45. The maximum Gasteiger partial charge on any atom is 0.289 e. The number of amides is 1. The van der Waals surface area contributed by atoms with Gasteiger partial charge < -0.3 is 19.2 Å². The Morgan fingerprint density at radius 3 is 2.57 bits per heavy atom. The predicted octanol–water partition coefficient (Wildman–Crippen LogP) is 3.36. The van der Waals surface area contributed by atoms with E-state index in [4.69, 9.17) is 14.4 Å². The summed E-state index contributed by atoms with van der Waals surface area (Å²) in [6.45, 7) is 0.545. The maximum absolute atomic E-state index is 12.8. The van der Waals surface area contributed by atoms with Gasteiger partial charge in [0.25, 0.3) is 5.91 Å². The molecule has 0 unspecified atom stereocenters. The van der Waals surface area contributed by atoms with Crippen LogP contribution < -0.4 is 4.74 Å². The van der Waals surface area contributed by atoms with E-state index in [1.54, 1.807) is 36.4 Å². The molecule has 0 aliphatic carbocycles. The topological polar surface area (TPSA) is 86.7 Å². The number of nitriles is 1. The van der Waals surface area contributed by atoms with Crippen LogP contribution in [0.2, 0.25) is 0 Å². The van der Waals surface area contributed by atoms with E-state index in [2.05, 4.69) is 6.07 Å². The van der Waals surface area contributed by atoms with Crippen molar-refractivity contribution in [3.8, 4) is 11.8 Å². The van der Waals surface area contributed by atoms with Gasteiger partial charge in [-0.05, 0) is 29.8 Å². The number of hydrogen-bond donors (Lipinski definition) is 1. The summed E-state index contributed by atoms with van der Waals surface area (Å²) in [6.07, 6.45) is 0. The van der Waals surface area contributed by atoms with E-state index in [-0.39, 0.29) is 31.4 Å². The van der Waals surface area contributed by atoms with Crippen LogP contribution in [0.25, 0.3) is 0 Å². The highest BCUT2D eigenvalue weighted by molar-refractivity contribution is 5.91. The quantitative estimate of drug-likeness (QED) is 0.651. The predicted molar refractivity (Wildman–Crippen MR) is 102 cm³/mol. The van der Waals surface area contributed by atoms with Gasteiger partial charge in [0.2, 0.25) is 0 Å². The second-order valence-corrected chi connectivity index (χ2v) is 6.10. The molecule has 1 amide bonds. The van der Waals surface area contributed by atoms with Gasteiger partial charge in [-0.1, -0.05) is 42.5 Å². The third-order valence-electron chi connectivity index (χ3n) is 4.12. The zero-order chi connectivity index (χ0) is 19.8. The van der Waals surface area contributed by atoms with Crippen LogP contribution in [0.4, 0.5) is 0 Å². The van der Waals surface area contributed by atoms with Crippen LogP contribution in [0.3, 0.4) is 0 Å². The van der Waals surface area contributed by atoms with Crippen LogP contribution in [0, 0.1) is 11.3 Å². The molecular formula is C22H20N2O4. The summed E-state index contributed by atoms with van der Waals surface area (Å²) >= 11 is 0. The molecule has 0 aliphatic heterocycles. The zero-order valence-electron chi connectivity index (χ0n) is 15.2. The van der Waals surface area contributed by atoms with Crippen LogP contribution in [-0.4, -0.2) is 29.1 Å². The lowest BCUT2D eigenvalue weighted by Gasteiger charge is -2.20. The van der Waals surface area contributed by atoms with Gasteiger partial charge in [-0.15, -0.1) is 0 Å². The Balaban J connectivity index is 1.67. The highest BCUT2D eigenvalue weighted by Gasteiger charge is 2.19. The Bertz CT molecular complexity index is 960. The number of benzene rings is 2. The summed E-state index contributed by atoms with van der Waals surface area (Å²) in [5, 5.41) is 18.4. The molecule has 0 spiro atoms. The molecule has 2 aromatic carbocycles. The molecule has 0 bridgehead atoms. The van der Waals surface area contributed by atoms with Crippen molar-refractivity contribution in [3.63, 3.8) is 0 Å². The van der Waals surface area contributed by atoms with Crippen LogP contribution in [0.1, 0.15) is 27.4 Å². The Hall–Kier alpha value is -3.56. The Morgan fingerprint density at radius 1 is 1.07 bits per heavy atom. The number of aliphatic hydroxyl groups is 1. The lowest BCUT2D eigenvalue weighted by atomic mass is 10.2. The lowest BCUT2D eigenvalue weighted by Crippen LogP contribution is -2.32. The summed E-state index contributed by atoms with van der Waals surface area (Å²) in [4.78, 5) is 14.3. The molecule has 6 nitrogen and oxygen atoms in total. The molecule has 0 saturated heterocycles. The molecule has 6 heteroatoms. The van der Waals surface area contributed by atoms with E-state index in [0.29, 0.717) is 23.6 Å². The Labute approximate surface area is 163 Å². The molecule has 28 heavy (non-hydrogen) atoms. The van der Waals surface area contributed by atoms with Gasteiger partial charge in [0.15, 0.2) is 5.76 Å². The molecule has 1 N–H and O–H groups in total. The lowest BCUT2D eigenvalue weighted by molar-refractivity contribution is 0.0672. The van der Waals surface area contributed by atoms with Crippen molar-refractivity contribution in [2.45, 2.75) is 13.2 Å². The fourth-order valence-electron chi connectivity index (χ4n) is 2.74. The first-order chi connectivity index (χ1) is 13.7. The molecule has 0 saturated carbocycles. The number of nitrogens with zero attached hydrogens (tertiary/aromatic N) is 2. The summed E-state index contributed by atoms with van der Waals surface area (Å²) in [5.74, 6) is 0.804. The number of para-hydroxylation sites is 1. The van der Waals surface area contributed by atoms with Crippen molar-refractivity contribution < 1.29 is 19.1 Å². The number of furan rings is 1. The standard InChI is InChI=1S/C22H20N2O4/c23-14-18-8-4-5-9-20(18)27-16-19-10-11-21(28-19)22(26)24(12-13-25)15-17-6-2-1-3-7-17/h1-11,25H,12-13,15-16H2. The van der Waals surface area contributed by atoms with Crippen molar-refractivity contribution >= 4 is 5.91 Å². The first kappa shape index (κ1) is 19.2. The van der Waals surface area contributed by atoms with E-state index >= 15 is 0 Å². The van der Waals surface area contributed by atoms with E-state index in [1.807, 2.05) is 30.3 Å². The number of carbonyl (C=O) groups excluding carboxylic acids is 1. The number of carbonyl (C=O) groups is 1. The minimum Gasteiger partial charge on any atom is -0.484 e. The Morgan fingerprint density at radius 2 is 1.82 bits per heavy atom. The van der Waals surface area contributed by atoms with E-state index in [1.165, 1.54) is 4.90 Å². The van der Waals surface area contributed by atoms with Crippen molar-refractivity contribution in [2.75, 3.05) is 13.2 Å². The highest BCUT2D eigenvalue weighted by Crippen LogP contribution is 2.19. The highest BCUT2D eigenvalue weighted by atomic mass is 16.5. The zero-order valence-corrected chi connectivity index (χ0v) is 15.2. The molecule has 1 heterocycles. The van der Waals surface area contributed by atoms with Crippen LogP contribution in [0.15, 0.2) is 71.1 Å². The molecule has 3 rings (SSSR count). The SMILES string of the molecule is N#Cc1ccccc1OCc1ccc(C(=O)N(CCO)Cc2ccccc2)o1. The van der Waals surface area contributed by atoms with Gasteiger partial charge in [-0.3, -0.25) is 4.79 Å². The normalized spacial score (nSPS) is 10.3. The van der Waals surface area contributed by atoms with Gasteiger partial charge >= 0.3 is 0 Å². The van der Waals surface area contributed by atoms with Crippen molar-refractivity contribution in [2.24, 2.45) is 0 Å². The molecule has 3 aromatic rings. The summed E-state index contributed by atoms with van der Waals surface area (Å²) in [5.41, 5.74) is 1.40. The molecule has 0 atom stereocenters. The molecular weight excluding hydrogens is 356 g/mol. The van der Waals surface area contributed by atoms with Crippen molar-refractivity contribution in [3.05, 3.63) is 89.4 Å². The molecule has 142 valence electrons. The first-order valence-electron chi connectivity index (χ1n) is 8.86.